The molecule has 1 amide bonds. The van der Waals surface area contributed by atoms with Crippen molar-refractivity contribution in [2.24, 2.45) is 0 Å². The Morgan fingerprint density at radius 1 is 1.20 bits per heavy atom. The van der Waals surface area contributed by atoms with Gasteiger partial charge < -0.3 is 4.90 Å². The number of rotatable bonds is 4. The number of carbonyl (C=O) groups is 1. The van der Waals surface area contributed by atoms with Crippen molar-refractivity contribution in [3.8, 4) is 11.3 Å². The molecule has 0 unspecified atom stereocenters. The van der Waals surface area contributed by atoms with E-state index in [1.54, 1.807) is 22.7 Å². The number of likely N-dealkylation sites (tertiary alicyclic amines) is 1. The largest absolute Gasteiger partial charge is 0.335 e. The van der Waals surface area contributed by atoms with Crippen LogP contribution in [0.1, 0.15) is 80.5 Å². The number of carbonyl (C=O) groups excluding carboxylic acids is 1. The predicted molar refractivity (Wildman–Crippen MR) is 138 cm³/mol. The van der Waals surface area contributed by atoms with Crippen LogP contribution in [0.2, 0.25) is 0 Å². The summed E-state index contributed by atoms with van der Waals surface area (Å²) in [7, 11) is 0. The van der Waals surface area contributed by atoms with Crippen LogP contribution in [-0.4, -0.2) is 38.0 Å². The van der Waals surface area contributed by atoms with Gasteiger partial charge in [0.2, 0.25) is 0 Å². The molecule has 6 heteroatoms. The predicted octanol–water partition coefficient (Wildman–Crippen LogP) is 6.63. The summed E-state index contributed by atoms with van der Waals surface area (Å²) in [5, 5.41) is 4.67. The van der Waals surface area contributed by atoms with Crippen LogP contribution >= 0.6 is 0 Å². The number of aryl methyl sites for hydroxylation is 1. The fraction of sp³-hybridized carbons (Fsp3) is 0.414. The molecule has 182 valence electrons. The van der Waals surface area contributed by atoms with Gasteiger partial charge in [0.05, 0.1) is 5.69 Å². The summed E-state index contributed by atoms with van der Waals surface area (Å²) in [4.78, 5) is 20.0. The van der Waals surface area contributed by atoms with Gasteiger partial charge in [-0.1, -0.05) is 44.1 Å². The summed E-state index contributed by atoms with van der Waals surface area (Å²) in [6.07, 6.45) is 9.96. The molecule has 5 rings (SSSR count). The monoisotopic (exact) mass is 472 g/mol. The summed E-state index contributed by atoms with van der Waals surface area (Å²) in [6, 6.07) is 9.16. The van der Waals surface area contributed by atoms with Crippen LogP contribution in [-0.2, 0) is 6.42 Å². The molecule has 2 aromatic heterocycles. The number of nitrogens with zero attached hydrogens (tertiary/aromatic N) is 4. The van der Waals surface area contributed by atoms with Gasteiger partial charge in [-0.3, -0.25) is 4.79 Å². The number of hydrogen-bond donors (Lipinski definition) is 0. The van der Waals surface area contributed by atoms with E-state index in [1.165, 1.54) is 5.57 Å². The van der Waals surface area contributed by atoms with E-state index in [2.05, 4.69) is 29.7 Å². The molecule has 0 N–H and O–H groups in total. The molecule has 0 saturated carbocycles. The lowest BCUT2D eigenvalue weighted by Gasteiger charge is -2.27. The number of allylic oxidation sites excluding steroid dienone is 3. The van der Waals surface area contributed by atoms with E-state index in [9.17, 15) is 4.79 Å². The van der Waals surface area contributed by atoms with E-state index in [0.29, 0.717) is 29.0 Å². The van der Waals surface area contributed by atoms with E-state index < -0.39 is 0 Å². The third-order valence-electron chi connectivity index (χ3n) is 7.34. The minimum absolute atomic E-state index is 0.0303. The molecule has 3 aromatic rings. The molecule has 1 aromatic carbocycles. The number of aromatic nitrogens is 3. The van der Waals surface area contributed by atoms with Crippen LogP contribution < -0.4 is 0 Å². The van der Waals surface area contributed by atoms with Crippen LogP contribution in [0.15, 0.2) is 48.6 Å². The second-order valence-electron chi connectivity index (χ2n) is 9.87. The summed E-state index contributed by atoms with van der Waals surface area (Å²) in [5.74, 6) is -0.340. The van der Waals surface area contributed by atoms with Gasteiger partial charge in [-0.15, -0.1) is 0 Å². The Labute approximate surface area is 206 Å². The number of hydrogen-bond acceptors (Lipinski definition) is 3. The SMILES string of the molecule is C=C1CCC=C(c2ccc(-c3cc4nc(C(=O)N5CCCCC[C@H]5C)cc(CC)n4n3)c(F)c2)C1. The first kappa shape index (κ1) is 23.5. The highest BCUT2D eigenvalue weighted by molar-refractivity contribution is 5.93. The Balaban J connectivity index is 1.49. The van der Waals surface area contributed by atoms with Crippen molar-refractivity contribution in [1.82, 2.24) is 19.5 Å². The van der Waals surface area contributed by atoms with E-state index in [1.807, 2.05) is 24.0 Å². The highest BCUT2D eigenvalue weighted by Gasteiger charge is 2.25. The topological polar surface area (TPSA) is 50.5 Å². The first-order valence-corrected chi connectivity index (χ1v) is 12.8. The molecular formula is C29H33FN4O. The Morgan fingerprint density at radius 3 is 2.83 bits per heavy atom. The molecule has 1 aliphatic carbocycles. The Hall–Kier alpha value is -3.28. The van der Waals surface area contributed by atoms with Gasteiger partial charge in [0.25, 0.3) is 5.91 Å². The standard InChI is InChI=1S/C29H33FN4O/c1-4-23-17-27(29(35)33-14-7-5-6-10-20(33)3)31-28-18-26(32-34(23)28)24-13-12-22(16-25(24)30)21-11-8-9-19(2)15-21/h11-13,16-18,20H,2,4-10,14-15H2,1,3H3/t20-/m1/s1. The second kappa shape index (κ2) is 9.76. The van der Waals surface area contributed by atoms with E-state index in [0.717, 1.165) is 68.3 Å². The average Bonchev–Trinajstić information content (AvgIpc) is 3.17. The quantitative estimate of drug-likeness (QED) is 0.401. The van der Waals surface area contributed by atoms with Gasteiger partial charge in [0.1, 0.15) is 11.5 Å². The van der Waals surface area contributed by atoms with E-state index in [4.69, 9.17) is 0 Å². The van der Waals surface area contributed by atoms with Crippen LogP contribution in [0.4, 0.5) is 4.39 Å². The Bertz CT molecular complexity index is 1320. The third kappa shape index (κ3) is 4.66. The molecule has 3 heterocycles. The Kier molecular flexibility index (Phi) is 6.54. The van der Waals surface area contributed by atoms with Gasteiger partial charge in [0, 0.05) is 29.9 Å². The molecule has 0 bridgehead atoms. The zero-order valence-corrected chi connectivity index (χ0v) is 20.7. The van der Waals surface area contributed by atoms with Gasteiger partial charge in [-0.05, 0) is 74.8 Å². The van der Waals surface area contributed by atoms with Gasteiger partial charge in [-0.25, -0.2) is 13.9 Å². The normalized spacial score (nSPS) is 19.1. The first-order chi connectivity index (χ1) is 16.9. The van der Waals surface area contributed by atoms with Crippen molar-refractivity contribution in [3.05, 3.63) is 71.3 Å². The van der Waals surface area contributed by atoms with Gasteiger partial charge >= 0.3 is 0 Å². The molecule has 35 heavy (non-hydrogen) atoms. The van der Waals surface area contributed by atoms with Crippen molar-refractivity contribution >= 4 is 17.1 Å². The lowest BCUT2D eigenvalue weighted by molar-refractivity contribution is 0.0692. The lowest BCUT2D eigenvalue weighted by atomic mass is 9.90. The molecule has 5 nitrogen and oxygen atoms in total. The van der Waals surface area contributed by atoms with Crippen molar-refractivity contribution in [2.75, 3.05) is 6.54 Å². The van der Waals surface area contributed by atoms with Crippen molar-refractivity contribution in [3.63, 3.8) is 0 Å². The third-order valence-corrected chi connectivity index (χ3v) is 7.34. The van der Waals surface area contributed by atoms with Gasteiger partial charge in [-0.2, -0.15) is 5.10 Å². The minimum Gasteiger partial charge on any atom is -0.335 e. The van der Waals surface area contributed by atoms with Crippen molar-refractivity contribution in [1.29, 1.82) is 0 Å². The number of amides is 1. The summed E-state index contributed by atoms with van der Waals surface area (Å²) < 4.78 is 17.0. The zero-order chi connectivity index (χ0) is 24.5. The molecule has 1 atom stereocenters. The molecular weight excluding hydrogens is 439 g/mol. The van der Waals surface area contributed by atoms with Crippen LogP contribution in [0.3, 0.4) is 0 Å². The Morgan fingerprint density at radius 2 is 2.06 bits per heavy atom. The molecule has 1 saturated heterocycles. The molecule has 2 aliphatic rings. The maximum atomic E-state index is 15.3. The van der Waals surface area contributed by atoms with Crippen molar-refractivity contribution < 1.29 is 9.18 Å². The van der Waals surface area contributed by atoms with E-state index >= 15 is 4.39 Å². The zero-order valence-electron chi connectivity index (χ0n) is 20.7. The maximum Gasteiger partial charge on any atom is 0.272 e. The second-order valence-corrected chi connectivity index (χ2v) is 9.87. The summed E-state index contributed by atoms with van der Waals surface area (Å²) >= 11 is 0. The summed E-state index contributed by atoms with van der Waals surface area (Å²) in [6.45, 7) is 9.00. The average molecular weight is 473 g/mol. The molecule has 1 fully saturated rings. The lowest BCUT2D eigenvalue weighted by Crippen LogP contribution is -2.38. The van der Waals surface area contributed by atoms with Gasteiger partial charge in [0.15, 0.2) is 5.65 Å². The minimum atomic E-state index is -0.310. The van der Waals surface area contributed by atoms with E-state index in [-0.39, 0.29) is 17.8 Å². The molecule has 0 spiro atoms. The number of benzene rings is 1. The highest BCUT2D eigenvalue weighted by atomic mass is 19.1. The smallest absolute Gasteiger partial charge is 0.272 e. The fourth-order valence-corrected chi connectivity index (χ4v) is 5.28. The molecule has 0 radical (unpaired) electrons. The van der Waals surface area contributed by atoms with Crippen LogP contribution in [0.5, 0.6) is 0 Å². The first-order valence-electron chi connectivity index (χ1n) is 12.8. The van der Waals surface area contributed by atoms with Crippen molar-refractivity contribution in [2.45, 2.75) is 71.3 Å². The fourth-order valence-electron chi connectivity index (χ4n) is 5.28. The van der Waals surface area contributed by atoms with Crippen LogP contribution in [0.25, 0.3) is 22.5 Å². The number of halogens is 1. The maximum absolute atomic E-state index is 15.3. The molecule has 1 aliphatic heterocycles. The number of fused-ring (bicyclic) bond motifs is 1. The highest BCUT2D eigenvalue weighted by Crippen LogP contribution is 2.32. The summed E-state index contributed by atoms with van der Waals surface area (Å²) in [5.41, 5.74) is 6.05. The van der Waals surface area contributed by atoms with Crippen LogP contribution in [0, 0.1) is 5.82 Å².